The number of carbonyl (C=O) groups excluding carboxylic acids is 1. The van der Waals surface area contributed by atoms with Crippen LogP contribution in [0.2, 0.25) is 0 Å². The van der Waals surface area contributed by atoms with E-state index in [1.54, 1.807) is 24.4 Å². The summed E-state index contributed by atoms with van der Waals surface area (Å²) in [5.74, 6) is -1.02. The minimum Gasteiger partial charge on any atom is -0.479 e. The number of aromatic nitrogens is 1. The van der Waals surface area contributed by atoms with Crippen LogP contribution in [0.4, 0.5) is 10.5 Å². The maximum atomic E-state index is 12.3. The number of aliphatic carboxylic acids is 1. The van der Waals surface area contributed by atoms with Gasteiger partial charge in [0.15, 0.2) is 6.04 Å². The van der Waals surface area contributed by atoms with Crippen molar-refractivity contribution >= 4 is 29.0 Å². The number of nitrogens with zero attached hydrogens (tertiary/aromatic N) is 2. The van der Waals surface area contributed by atoms with Gasteiger partial charge in [-0.15, -0.1) is 11.3 Å². The molecule has 1 aliphatic heterocycles. The van der Waals surface area contributed by atoms with E-state index in [4.69, 9.17) is 0 Å². The maximum absolute atomic E-state index is 12.3. The fourth-order valence-electron chi connectivity index (χ4n) is 2.43. The SMILES string of the molecule is O=C(O)C1c2ccsc2CCN1C(=O)Nc1cccnc1. The van der Waals surface area contributed by atoms with E-state index in [1.807, 2.05) is 5.38 Å². The van der Waals surface area contributed by atoms with E-state index >= 15 is 0 Å². The van der Waals surface area contributed by atoms with E-state index < -0.39 is 18.0 Å². The Hall–Kier alpha value is -2.41. The molecule has 1 aliphatic rings. The third-order valence-corrected chi connectivity index (χ3v) is 4.37. The molecule has 6 nitrogen and oxygen atoms in total. The highest BCUT2D eigenvalue weighted by atomic mass is 32.1. The summed E-state index contributed by atoms with van der Waals surface area (Å²) in [7, 11) is 0. The van der Waals surface area contributed by atoms with Gasteiger partial charge in [-0.05, 0) is 35.6 Å². The molecular weight excluding hydrogens is 290 g/mol. The average Bonchev–Trinajstić information content (AvgIpc) is 2.95. The third-order valence-electron chi connectivity index (χ3n) is 3.37. The zero-order chi connectivity index (χ0) is 14.8. The first-order chi connectivity index (χ1) is 10.2. The van der Waals surface area contributed by atoms with Crippen molar-refractivity contribution in [3.05, 3.63) is 46.4 Å². The molecule has 2 aromatic heterocycles. The van der Waals surface area contributed by atoms with E-state index in [1.165, 1.54) is 22.4 Å². The van der Waals surface area contributed by atoms with Gasteiger partial charge in [0.05, 0.1) is 11.9 Å². The van der Waals surface area contributed by atoms with Crippen LogP contribution in [-0.4, -0.2) is 33.5 Å². The number of carboxylic acid groups (broad SMARTS) is 1. The maximum Gasteiger partial charge on any atom is 0.331 e. The molecule has 2 aromatic rings. The number of amides is 2. The molecule has 21 heavy (non-hydrogen) atoms. The zero-order valence-corrected chi connectivity index (χ0v) is 11.8. The van der Waals surface area contributed by atoms with Crippen molar-refractivity contribution in [2.45, 2.75) is 12.5 Å². The highest BCUT2D eigenvalue weighted by Gasteiger charge is 2.36. The summed E-state index contributed by atoms with van der Waals surface area (Å²) in [5, 5.41) is 14.0. The minimum absolute atomic E-state index is 0.385. The molecule has 0 radical (unpaired) electrons. The summed E-state index contributed by atoms with van der Waals surface area (Å²) in [6, 6.07) is 3.84. The van der Waals surface area contributed by atoms with Crippen molar-refractivity contribution in [1.82, 2.24) is 9.88 Å². The van der Waals surface area contributed by atoms with Crippen LogP contribution in [0.25, 0.3) is 0 Å². The van der Waals surface area contributed by atoms with E-state index in [-0.39, 0.29) is 0 Å². The van der Waals surface area contributed by atoms with Crippen molar-refractivity contribution in [3.63, 3.8) is 0 Å². The number of urea groups is 1. The first-order valence-corrected chi connectivity index (χ1v) is 7.31. The number of fused-ring (bicyclic) bond motifs is 1. The Balaban J connectivity index is 1.84. The topological polar surface area (TPSA) is 82.5 Å². The van der Waals surface area contributed by atoms with Gasteiger partial charge in [0.2, 0.25) is 0 Å². The highest BCUT2D eigenvalue weighted by molar-refractivity contribution is 7.10. The molecule has 1 unspecified atom stereocenters. The van der Waals surface area contributed by atoms with Gasteiger partial charge in [-0.2, -0.15) is 0 Å². The molecule has 0 saturated carbocycles. The van der Waals surface area contributed by atoms with Gasteiger partial charge in [0, 0.05) is 17.6 Å². The molecule has 0 bridgehead atoms. The second-order valence-corrected chi connectivity index (χ2v) is 5.66. The highest BCUT2D eigenvalue weighted by Crippen LogP contribution is 2.33. The smallest absolute Gasteiger partial charge is 0.331 e. The number of hydrogen-bond acceptors (Lipinski definition) is 4. The van der Waals surface area contributed by atoms with Gasteiger partial charge in [0.25, 0.3) is 0 Å². The molecule has 0 aliphatic carbocycles. The van der Waals surface area contributed by atoms with Crippen LogP contribution in [0.15, 0.2) is 36.0 Å². The lowest BCUT2D eigenvalue weighted by atomic mass is 10.0. The molecule has 0 saturated heterocycles. The van der Waals surface area contributed by atoms with Crippen LogP contribution in [0.5, 0.6) is 0 Å². The minimum atomic E-state index is -1.02. The Morgan fingerprint density at radius 3 is 3.00 bits per heavy atom. The Morgan fingerprint density at radius 1 is 1.43 bits per heavy atom. The summed E-state index contributed by atoms with van der Waals surface area (Å²) in [4.78, 5) is 30.2. The Labute approximate surface area is 125 Å². The zero-order valence-electron chi connectivity index (χ0n) is 11.0. The largest absolute Gasteiger partial charge is 0.479 e. The van der Waals surface area contributed by atoms with E-state index in [0.29, 0.717) is 24.2 Å². The van der Waals surface area contributed by atoms with E-state index in [0.717, 1.165) is 4.88 Å². The number of hydrogen-bond donors (Lipinski definition) is 2. The van der Waals surface area contributed by atoms with Crippen LogP contribution in [0, 0.1) is 0 Å². The molecule has 3 heterocycles. The van der Waals surface area contributed by atoms with Crippen molar-refractivity contribution in [1.29, 1.82) is 0 Å². The normalized spacial score (nSPS) is 17.1. The van der Waals surface area contributed by atoms with Crippen LogP contribution in [-0.2, 0) is 11.2 Å². The van der Waals surface area contributed by atoms with Gasteiger partial charge in [-0.1, -0.05) is 0 Å². The van der Waals surface area contributed by atoms with Crippen molar-refractivity contribution in [3.8, 4) is 0 Å². The third kappa shape index (κ3) is 2.59. The molecule has 0 aromatic carbocycles. The summed E-state index contributed by atoms with van der Waals surface area (Å²) in [6.45, 7) is 0.385. The average molecular weight is 303 g/mol. The quantitative estimate of drug-likeness (QED) is 0.892. The van der Waals surface area contributed by atoms with Gasteiger partial charge >= 0.3 is 12.0 Å². The molecule has 108 valence electrons. The number of rotatable bonds is 2. The van der Waals surface area contributed by atoms with Crippen molar-refractivity contribution in [2.75, 3.05) is 11.9 Å². The Kier molecular flexibility index (Phi) is 3.57. The fraction of sp³-hybridized carbons (Fsp3) is 0.214. The number of thiophene rings is 1. The van der Waals surface area contributed by atoms with Gasteiger partial charge < -0.3 is 15.3 Å². The Bertz CT molecular complexity index is 671. The van der Waals surface area contributed by atoms with Crippen LogP contribution < -0.4 is 5.32 Å². The van der Waals surface area contributed by atoms with E-state index in [2.05, 4.69) is 10.3 Å². The molecular formula is C14H13N3O3S. The standard InChI is InChI=1S/C14H13N3O3S/c18-13(19)12-10-4-7-21-11(10)3-6-17(12)14(20)16-9-2-1-5-15-8-9/h1-2,4-5,7-8,12H,3,6H2,(H,16,20)(H,18,19). The van der Waals surface area contributed by atoms with Gasteiger partial charge in [-0.3, -0.25) is 4.98 Å². The lowest BCUT2D eigenvalue weighted by molar-refractivity contribution is -0.142. The molecule has 3 rings (SSSR count). The molecule has 2 N–H and O–H groups in total. The molecule has 7 heteroatoms. The summed E-state index contributed by atoms with van der Waals surface area (Å²) < 4.78 is 0. The van der Waals surface area contributed by atoms with Crippen molar-refractivity contribution in [2.24, 2.45) is 0 Å². The number of nitrogens with one attached hydrogen (secondary N) is 1. The number of carboxylic acids is 1. The van der Waals surface area contributed by atoms with E-state index in [9.17, 15) is 14.7 Å². The fourth-order valence-corrected chi connectivity index (χ4v) is 3.34. The number of pyridine rings is 1. The lowest BCUT2D eigenvalue weighted by Crippen LogP contribution is -2.45. The van der Waals surface area contributed by atoms with Gasteiger partial charge in [0.1, 0.15) is 0 Å². The van der Waals surface area contributed by atoms with Crippen molar-refractivity contribution < 1.29 is 14.7 Å². The first-order valence-electron chi connectivity index (χ1n) is 6.43. The predicted octanol–water partition coefficient (Wildman–Crippen LogP) is 2.36. The summed E-state index contributed by atoms with van der Waals surface area (Å²) in [6.07, 6.45) is 3.80. The molecule has 1 atom stereocenters. The molecule has 0 fully saturated rings. The van der Waals surface area contributed by atoms with Crippen LogP contribution >= 0.6 is 11.3 Å². The molecule has 0 spiro atoms. The predicted molar refractivity (Wildman–Crippen MR) is 78.4 cm³/mol. The van der Waals surface area contributed by atoms with Crippen LogP contribution in [0.3, 0.4) is 0 Å². The number of anilines is 1. The number of carbonyl (C=O) groups is 2. The molecule has 2 amide bonds. The second-order valence-electron chi connectivity index (χ2n) is 4.66. The lowest BCUT2D eigenvalue weighted by Gasteiger charge is -2.33. The summed E-state index contributed by atoms with van der Waals surface area (Å²) >= 11 is 1.53. The monoisotopic (exact) mass is 303 g/mol. The first kappa shape index (κ1) is 13.6. The second kappa shape index (κ2) is 5.53. The van der Waals surface area contributed by atoms with Crippen LogP contribution in [0.1, 0.15) is 16.5 Å². The van der Waals surface area contributed by atoms with Gasteiger partial charge in [-0.25, -0.2) is 9.59 Å². The Morgan fingerprint density at radius 2 is 2.29 bits per heavy atom. The summed E-state index contributed by atoms with van der Waals surface area (Å²) in [5.41, 5.74) is 1.25.